The van der Waals surface area contributed by atoms with E-state index < -0.39 is 12.7 Å². The Kier molecular flexibility index (Phi) is 3.55. The molecule has 1 heterocycles. The van der Waals surface area contributed by atoms with Gasteiger partial charge in [0.1, 0.15) is 0 Å². The van der Waals surface area contributed by atoms with E-state index in [-0.39, 0.29) is 6.04 Å². The van der Waals surface area contributed by atoms with Gasteiger partial charge in [0, 0.05) is 12.6 Å². The standard InChI is InChI=1S/C8H15F3N2/c1-13(6-8(9,10)11)5-7-3-2-4-12-7/h7,12H,2-6H2,1H3/t7-/m0/s1. The summed E-state index contributed by atoms with van der Waals surface area (Å²) in [4.78, 5) is 1.32. The molecule has 0 aromatic carbocycles. The zero-order valence-electron chi connectivity index (χ0n) is 7.69. The van der Waals surface area contributed by atoms with Crippen molar-refractivity contribution in [3.05, 3.63) is 0 Å². The first-order valence-corrected chi connectivity index (χ1v) is 4.46. The zero-order valence-corrected chi connectivity index (χ0v) is 7.69. The molecule has 78 valence electrons. The third kappa shape index (κ3) is 4.47. The van der Waals surface area contributed by atoms with E-state index in [0.29, 0.717) is 6.54 Å². The van der Waals surface area contributed by atoms with Gasteiger partial charge in [-0.05, 0) is 26.4 Å². The van der Waals surface area contributed by atoms with Gasteiger partial charge in [-0.25, -0.2) is 0 Å². The van der Waals surface area contributed by atoms with Crippen LogP contribution in [0.5, 0.6) is 0 Å². The number of hydrogen-bond acceptors (Lipinski definition) is 2. The predicted molar refractivity (Wildman–Crippen MR) is 44.6 cm³/mol. The number of hydrogen-bond donors (Lipinski definition) is 1. The number of nitrogens with zero attached hydrogens (tertiary/aromatic N) is 1. The Labute approximate surface area is 76.1 Å². The minimum absolute atomic E-state index is 0.243. The lowest BCUT2D eigenvalue weighted by atomic mass is 10.2. The van der Waals surface area contributed by atoms with Crippen molar-refractivity contribution in [2.24, 2.45) is 0 Å². The minimum Gasteiger partial charge on any atom is -0.313 e. The van der Waals surface area contributed by atoms with E-state index in [2.05, 4.69) is 5.32 Å². The van der Waals surface area contributed by atoms with E-state index in [1.807, 2.05) is 0 Å². The normalized spacial score (nSPS) is 24.2. The average molecular weight is 196 g/mol. The Morgan fingerprint density at radius 2 is 2.15 bits per heavy atom. The average Bonchev–Trinajstić information content (AvgIpc) is 2.34. The minimum atomic E-state index is -4.08. The molecule has 0 aliphatic carbocycles. The number of nitrogens with one attached hydrogen (secondary N) is 1. The number of rotatable bonds is 3. The van der Waals surface area contributed by atoms with Gasteiger partial charge in [0.15, 0.2) is 0 Å². The Morgan fingerprint density at radius 3 is 2.62 bits per heavy atom. The van der Waals surface area contributed by atoms with Gasteiger partial charge in [0.25, 0.3) is 0 Å². The highest BCUT2D eigenvalue weighted by molar-refractivity contribution is 4.77. The fourth-order valence-electron chi connectivity index (χ4n) is 1.66. The monoisotopic (exact) mass is 196 g/mol. The molecular weight excluding hydrogens is 181 g/mol. The van der Waals surface area contributed by atoms with Crippen molar-refractivity contribution < 1.29 is 13.2 Å². The fraction of sp³-hybridized carbons (Fsp3) is 1.00. The number of likely N-dealkylation sites (N-methyl/N-ethyl adjacent to an activating group) is 1. The van der Waals surface area contributed by atoms with Crippen molar-refractivity contribution in [1.82, 2.24) is 10.2 Å². The van der Waals surface area contributed by atoms with E-state index in [1.54, 1.807) is 0 Å². The molecule has 13 heavy (non-hydrogen) atoms. The molecular formula is C8H15F3N2. The van der Waals surface area contributed by atoms with Crippen molar-refractivity contribution in [3.8, 4) is 0 Å². The van der Waals surface area contributed by atoms with Crippen LogP contribution in [0.15, 0.2) is 0 Å². The molecule has 0 spiro atoms. The van der Waals surface area contributed by atoms with Gasteiger partial charge in [-0.1, -0.05) is 0 Å². The lowest BCUT2D eigenvalue weighted by Gasteiger charge is -2.21. The highest BCUT2D eigenvalue weighted by Gasteiger charge is 2.30. The third-order valence-corrected chi connectivity index (χ3v) is 2.14. The van der Waals surface area contributed by atoms with Crippen LogP contribution in [-0.2, 0) is 0 Å². The van der Waals surface area contributed by atoms with Crippen LogP contribution in [0.3, 0.4) is 0 Å². The van der Waals surface area contributed by atoms with Gasteiger partial charge >= 0.3 is 6.18 Å². The lowest BCUT2D eigenvalue weighted by Crippen LogP contribution is -2.39. The molecule has 0 amide bonds. The summed E-state index contributed by atoms with van der Waals surface area (Å²) in [5.74, 6) is 0. The second-order valence-electron chi connectivity index (χ2n) is 3.61. The molecule has 5 heteroatoms. The molecule has 2 nitrogen and oxygen atoms in total. The summed E-state index contributed by atoms with van der Waals surface area (Å²) in [5.41, 5.74) is 0. The predicted octanol–water partition coefficient (Wildman–Crippen LogP) is 1.23. The first kappa shape index (κ1) is 10.8. The molecule has 1 fully saturated rings. The molecule has 1 N–H and O–H groups in total. The molecule has 1 rings (SSSR count). The summed E-state index contributed by atoms with van der Waals surface area (Å²) in [6.45, 7) is 0.606. The lowest BCUT2D eigenvalue weighted by molar-refractivity contribution is -0.143. The largest absolute Gasteiger partial charge is 0.401 e. The molecule has 0 aromatic heterocycles. The van der Waals surface area contributed by atoms with Gasteiger partial charge < -0.3 is 5.32 Å². The Morgan fingerprint density at radius 1 is 1.46 bits per heavy atom. The summed E-state index contributed by atoms with van der Waals surface area (Å²) < 4.78 is 35.8. The SMILES string of the molecule is CN(C[C@@H]1CCCN1)CC(F)(F)F. The molecule has 1 aliphatic rings. The maximum atomic E-state index is 11.9. The van der Waals surface area contributed by atoms with Gasteiger partial charge in [-0.3, -0.25) is 4.90 Å². The first-order chi connectivity index (χ1) is 5.97. The zero-order chi connectivity index (χ0) is 9.90. The van der Waals surface area contributed by atoms with E-state index >= 15 is 0 Å². The van der Waals surface area contributed by atoms with Crippen molar-refractivity contribution in [2.75, 3.05) is 26.7 Å². The summed E-state index contributed by atoms with van der Waals surface area (Å²) in [7, 11) is 1.51. The summed E-state index contributed by atoms with van der Waals surface area (Å²) in [6, 6.07) is 0.243. The fourth-order valence-corrected chi connectivity index (χ4v) is 1.66. The molecule has 0 unspecified atom stereocenters. The maximum Gasteiger partial charge on any atom is 0.401 e. The van der Waals surface area contributed by atoms with Crippen LogP contribution in [-0.4, -0.2) is 43.8 Å². The number of halogens is 3. The molecule has 1 atom stereocenters. The van der Waals surface area contributed by atoms with Crippen molar-refractivity contribution in [3.63, 3.8) is 0 Å². The summed E-state index contributed by atoms with van der Waals surface area (Å²) in [5, 5.41) is 3.16. The van der Waals surface area contributed by atoms with E-state index in [1.165, 1.54) is 11.9 Å². The van der Waals surface area contributed by atoms with Crippen LogP contribution >= 0.6 is 0 Å². The quantitative estimate of drug-likeness (QED) is 0.730. The van der Waals surface area contributed by atoms with Gasteiger partial charge in [0.2, 0.25) is 0 Å². The van der Waals surface area contributed by atoms with Crippen molar-refractivity contribution in [2.45, 2.75) is 25.1 Å². The van der Waals surface area contributed by atoms with Gasteiger partial charge in [0.05, 0.1) is 6.54 Å². The molecule has 0 bridgehead atoms. The summed E-state index contributed by atoms with van der Waals surface area (Å²) >= 11 is 0. The van der Waals surface area contributed by atoms with E-state index in [4.69, 9.17) is 0 Å². The first-order valence-electron chi connectivity index (χ1n) is 4.46. The Hall–Kier alpha value is -0.290. The molecule has 1 aliphatic heterocycles. The van der Waals surface area contributed by atoms with E-state index in [9.17, 15) is 13.2 Å². The number of alkyl halides is 3. The van der Waals surface area contributed by atoms with Crippen LogP contribution in [0.25, 0.3) is 0 Å². The van der Waals surface area contributed by atoms with Crippen molar-refractivity contribution >= 4 is 0 Å². The topological polar surface area (TPSA) is 15.3 Å². The third-order valence-electron chi connectivity index (χ3n) is 2.14. The van der Waals surface area contributed by atoms with Crippen LogP contribution in [0.1, 0.15) is 12.8 Å². The second-order valence-corrected chi connectivity index (χ2v) is 3.61. The molecule has 0 radical (unpaired) electrons. The smallest absolute Gasteiger partial charge is 0.313 e. The maximum absolute atomic E-state index is 11.9. The van der Waals surface area contributed by atoms with Crippen LogP contribution in [0.2, 0.25) is 0 Å². The molecule has 0 saturated carbocycles. The van der Waals surface area contributed by atoms with Crippen LogP contribution < -0.4 is 5.32 Å². The molecule has 0 aromatic rings. The highest BCUT2D eigenvalue weighted by Crippen LogP contribution is 2.16. The van der Waals surface area contributed by atoms with Gasteiger partial charge in [-0.2, -0.15) is 13.2 Å². The van der Waals surface area contributed by atoms with Crippen LogP contribution in [0, 0.1) is 0 Å². The van der Waals surface area contributed by atoms with Crippen LogP contribution in [0.4, 0.5) is 13.2 Å². The second kappa shape index (κ2) is 4.28. The summed E-state index contributed by atoms with van der Waals surface area (Å²) in [6.07, 6.45) is -2.01. The van der Waals surface area contributed by atoms with Gasteiger partial charge in [-0.15, -0.1) is 0 Å². The highest BCUT2D eigenvalue weighted by atomic mass is 19.4. The Bertz CT molecular complexity index is 152. The Balaban J connectivity index is 2.20. The van der Waals surface area contributed by atoms with E-state index in [0.717, 1.165) is 19.4 Å². The molecule has 1 saturated heterocycles. The van der Waals surface area contributed by atoms with Crippen molar-refractivity contribution in [1.29, 1.82) is 0 Å².